The Balaban J connectivity index is 3.64. The maximum Gasteiger partial charge on any atom is 0.322 e. The number of aliphatic carboxylic acids is 1. The monoisotopic (exact) mass is 250 g/mol. The quantitative estimate of drug-likeness (QED) is 0.426. The van der Waals surface area contributed by atoms with Crippen LogP contribution in [0, 0.1) is 12.3 Å². The Morgan fingerprint density at radius 2 is 2.27 bits per heavy atom. The van der Waals surface area contributed by atoms with Gasteiger partial charge in [0.15, 0.2) is 0 Å². The molecule has 0 saturated carbocycles. The minimum atomic E-state index is -1.05. The second kappa shape index (κ2) is 8.41. The molecule has 84 valence electrons. The van der Waals surface area contributed by atoms with E-state index in [0.717, 1.165) is 11.8 Å². The molecule has 3 N–H and O–H groups in total. The molecule has 0 fully saturated rings. The second-order valence-corrected chi connectivity index (χ2v) is 3.74. The lowest BCUT2D eigenvalue weighted by molar-refractivity contribution is -0.138. The zero-order valence-corrected chi connectivity index (χ0v) is 9.40. The van der Waals surface area contributed by atoms with Gasteiger partial charge in [-0.2, -0.15) is 0 Å². The van der Waals surface area contributed by atoms with Crippen molar-refractivity contribution < 1.29 is 14.7 Å². The number of carbonyl (C=O) groups is 2. The molecule has 0 aliphatic rings. The first-order chi connectivity index (χ1) is 7.11. The minimum absolute atomic E-state index is 0.157. The molecule has 0 heterocycles. The summed E-state index contributed by atoms with van der Waals surface area (Å²) in [5.74, 6) is 1.35. The summed E-state index contributed by atoms with van der Waals surface area (Å²) in [5.41, 5.74) is 0. The van der Waals surface area contributed by atoms with Crippen molar-refractivity contribution in [1.82, 2.24) is 10.2 Å². The number of halogens is 1. The van der Waals surface area contributed by atoms with Crippen molar-refractivity contribution in [3.05, 3.63) is 0 Å². The molecule has 5 nitrogen and oxygen atoms in total. The van der Waals surface area contributed by atoms with Gasteiger partial charge in [-0.15, -0.1) is 18.2 Å². The summed E-state index contributed by atoms with van der Waals surface area (Å²) in [6.45, 7) is 0.176. The predicted octanol–water partition coefficient (Wildman–Crippen LogP) is -0.334. The molecule has 0 spiro atoms. The average molecular weight is 251 g/mol. The minimum Gasteiger partial charge on any atom is -0.480 e. The summed E-state index contributed by atoms with van der Waals surface area (Å²) in [6.07, 6.45) is 4.94. The third kappa shape index (κ3) is 7.08. The van der Waals surface area contributed by atoms with E-state index in [9.17, 15) is 9.59 Å². The highest BCUT2D eigenvalue weighted by molar-refractivity contribution is 8.00. The van der Waals surface area contributed by atoms with Gasteiger partial charge in [0.1, 0.15) is 6.04 Å². The summed E-state index contributed by atoms with van der Waals surface area (Å²) in [7, 11) is 0. The van der Waals surface area contributed by atoms with Gasteiger partial charge in [-0.05, 0) is 11.8 Å². The van der Waals surface area contributed by atoms with Gasteiger partial charge in [-0.1, -0.05) is 5.92 Å². The second-order valence-electron chi connectivity index (χ2n) is 2.50. The van der Waals surface area contributed by atoms with Crippen LogP contribution in [0.15, 0.2) is 0 Å². The summed E-state index contributed by atoms with van der Waals surface area (Å²) < 4.78 is 0. The molecule has 0 rings (SSSR count). The van der Waals surface area contributed by atoms with E-state index in [-0.39, 0.29) is 24.0 Å². The molecule has 0 radical (unpaired) electrons. The number of nitrogens with one attached hydrogen (secondary N) is 2. The van der Waals surface area contributed by atoms with Crippen LogP contribution in [0.4, 0.5) is 0 Å². The van der Waals surface area contributed by atoms with Crippen LogP contribution in [-0.2, 0) is 9.59 Å². The third-order valence-electron chi connectivity index (χ3n) is 1.34. The highest BCUT2D eigenvalue weighted by atomic mass is 35.5. The molecule has 0 aliphatic heterocycles. The van der Waals surface area contributed by atoms with Gasteiger partial charge in [-0.3, -0.25) is 9.59 Å². The highest BCUT2D eigenvalue weighted by Crippen LogP contribution is 2.03. The van der Waals surface area contributed by atoms with Crippen molar-refractivity contribution in [3.8, 4) is 12.3 Å². The normalized spacial score (nSPS) is 11.5. The van der Waals surface area contributed by atoms with Crippen molar-refractivity contribution in [1.29, 1.82) is 0 Å². The van der Waals surface area contributed by atoms with Crippen molar-refractivity contribution in [3.63, 3.8) is 0 Å². The van der Waals surface area contributed by atoms with E-state index in [0.29, 0.717) is 0 Å². The van der Waals surface area contributed by atoms with E-state index in [1.165, 1.54) is 0 Å². The molecule has 1 amide bonds. The number of hydrogen-bond donors (Lipinski definition) is 3. The highest BCUT2D eigenvalue weighted by Gasteiger charge is 2.16. The molecule has 7 heteroatoms. The van der Waals surface area contributed by atoms with Crippen molar-refractivity contribution in [2.24, 2.45) is 0 Å². The van der Waals surface area contributed by atoms with Gasteiger partial charge in [0.2, 0.25) is 5.91 Å². The largest absolute Gasteiger partial charge is 0.480 e. The molecule has 15 heavy (non-hydrogen) atoms. The van der Waals surface area contributed by atoms with E-state index in [2.05, 4.69) is 16.1 Å². The predicted molar refractivity (Wildman–Crippen MR) is 59.6 cm³/mol. The Morgan fingerprint density at radius 3 is 2.73 bits per heavy atom. The number of terminal acetylenes is 1. The topological polar surface area (TPSA) is 78.4 Å². The van der Waals surface area contributed by atoms with Crippen LogP contribution in [0.5, 0.6) is 0 Å². The molecule has 0 aromatic heterocycles. The van der Waals surface area contributed by atoms with Gasteiger partial charge in [0.25, 0.3) is 0 Å². The Morgan fingerprint density at radius 1 is 1.60 bits per heavy atom. The molecular weight excluding hydrogens is 240 g/mol. The number of carboxylic acids is 1. The first-order valence-corrected chi connectivity index (χ1v) is 5.52. The standard InChI is InChI=1S/C8H11ClN2O3S/c1-2-3-10-7(12)5-15-4-6(11-9)8(13)14/h1,6,11H,3-5H2,(H,10,12)(H,13,14)/t6-/m0/s1. The van der Waals surface area contributed by atoms with Gasteiger partial charge in [0.05, 0.1) is 12.3 Å². The maximum atomic E-state index is 11.0. The van der Waals surface area contributed by atoms with Gasteiger partial charge in [0, 0.05) is 5.75 Å². The molecule has 0 saturated heterocycles. The number of rotatable bonds is 7. The Kier molecular flexibility index (Phi) is 7.91. The number of amides is 1. The number of carbonyl (C=O) groups excluding carboxylic acids is 1. The Hall–Kier alpha value is -0.900. The van der Waals surface area contributed by atoms with E-state index in [4.69, 9.17) is 23.3 Å². The van der Waals surface area contributed by atoms with Gasteiger partial charge in [-0.25, -0.2) is 4.84 Å². The molecule has 0 aliphatic carbocycles. The van der Waals surface area contributed by atoms with Crippen LogP contribution in [0.3, 0.4) is 0 Å². The average Bonchev–Trinajstić information content (AvgIpc) is 2.20. The first kappa shape index (κ1) is 14.1. The summed E-state index contributed by atoms with van der Waals surface area (Å²) in [6, 6.07) is -0.864. The SMILES string of the molecule is C#CCNC(=O)CSC[C@H](NCl)C(=O)O. The van der Waals surface area contributed by atoms with Crippen molar-refractivity contribution in [2.75, 3.05) is 18.1 Å². The lowest BCUT2D eigenvalue weighted by atomic mass is 10.4. The third-order valence-corrected chi connectivity index (χ3v) is 2.63. The van der Waals surface area contributed by atoms with Gasteiger partial charge < -0.3 is 10.4 Å². The number of carboxylic acid groups (broad SMARTS) is 1. The van der Waals surface area contributed by atoms with E-state index in [1.54, 1.807) is 0 Å². The Labute approximate surface area is 97.0 Å². The maximum absolute atomic E-state index is 11.0. The van der Waals surface area contributed by atoms with Crippen molar-refractivity contribution in [2.45, 2.75) is 6.04 Å². The summed E-state index contributed by atoms with van der Waals surface area (Å²) in [4.78, 5) is 23.6. The molecule has 0 unspecified atom stereocenters. The van der Waals surface area contributed by atoms with Crippen LogP contribution in [0.25, 0.3) is 0 Å². The molecule has 0 bridgehead atoms. The molecular formula is C8H11ClN2O3S. The lowest BCUT2D eigenvalue weighted by Gasteiger charge is -2.08. The van der Waals surface area contributed by atoms with Crippen LogP contribution in [-0.4, -0.2) is 41.1 Å². The zero-order chi connectivity index (χ0) is 11.7. The van der Waals surface area contributed by atoms with Crippen LogP contribution in [0.1, 0.15) is 0 Å². The summed E-state index contributed by atoms with van der Waals surface area (Å²) >= 11 is 6.35. The van der Waals surface area contributed by atoms with E-state index >= 15 is 0 Å². The van der Waals surface area contributed by atoms with E-state index < -0.39 is 12.0 Å². The fraction of sp³-hybridized carbons (Fsp3) is 0.500. The van der Waals surface area contributed by atoms with Crippen LogP contribution >= 0.6 is 23.5 Å². The molecule has 0 aromatic rings. The summed E-state index contributed by atoms with van der Waals surface area (Å²) in [5, 5.41) is 11.0. The zero-order valence-electron chi connectivity index (χ0n) is 7.83. The van der Waals surface area contributed by atoms with Crippen molar-refractivity contribution >= 4 is 35.4 Å². The van der Waals surface area contributed by atoms with E-state index in [1.807, 2.05) is 0 Å². The fourth-order valence-electron chi connectivity index (χ4n) is 0.620. The number of hydrogen-bond acceptors (Lipinski definition) is 4. The van der Waals surface area contributed by atoms with Crippen LogP contribution < -0.4 is 10.2 Å². The van der Waals surface area contributed by atoms with Crippen LogP contribution in [0.2, 0.25) is 0 Å². The Bertz CT molecular complexity index is 267. The number of thioether (sulfide) groups is 1. The molecule has 0 aromatic carbocycles. The first-order valence-electron chi connectivity index (χ1n) is 3.98. The lowest BCUT2D eigenvalue weighted by Crippen LogP contribution is -2.34. The smallest absolute Gasteiger partial charge is 0.322 e. The fourth-order valence-corrected chi connectivity index (χ4v) is 1.75. The van der Waals surface area contributed by atoms with Gasteiger partial charge >= 0.3 is 5.97 Å². The molecule has 1 atom stereocenters.